The molecule has 2 aliphatic carbocycles. The molecule has 0 spiro atoms. The topological polar surface area (TPSA) is 12.0 Å². The first-order chi connectivity index (χ1) is 7.79. The summed E-state index contributed by atoms with van der Waals surface area (Å²) >= 11 is 0. The van der Waals surface area contributed by atoms with Crippen molar-refractivity contribution in [3.8, 4) is 0 Å². The summed E-state index contributed by atoms with van der Waals surface area (Å²) in [6, 6.07) is 9.04. The SMILES string of the molecule is CNC12c3ccccc3CC1CCCC2C.Cl. The van der Waals surface area contributed by atoms with Gasteiger partial charge in [-0.25, -0.2) is 0 Å². The highest BCUT2D eigenvalue weighted by Crippen LogP contribution is 2.52. The normalized spacial score (nSPS) is 34.7. The summed E-state index contributed by atoms with van der Waals surface area (Å²) in [5.41, 5.74) is 3.43. The summed E-state index contributed by atoms with van der Waals surface area (Å²) in [4.78, 5) is 0. The zero-order chi connectivity index (χ0) is 11.2. The summed E-state index contributed by atoms with van der Waals surface area (Å²) in [5.74, 6) is 1.58. The predicted octanol–water partition coefficient (Wildman–Crippen LogP) is 3.52. The third-order valence-electron chi connectivity index (χ3n) is 4.95. The van der Waals surface area contributed by atoms with E-state index in [2.05, 4.69) is 43.6 Å². The van der Waals surface area contributed by atoms with Gasteiger partial charge < -0.3 is 5.32 Å². The Morgan fingerprint density at radius 2 is 2.00 bits per heavy atom. The third-order valence-corrected chi connectivity index (χ3v) is 4.95. The second-order valence-corrected chi connectivity index (χ2v) is 5.51. The van der Waals surface area contributed by atoms with Gasteiger partial charge in [-0.15, -0.1) is 12.4 Å². The van der Waals surface area contributed by atoms with Crippen molar-refractivity contribution < 1.29 is 0 Å². The summed E-state index contributed by atoms with van der Waals surface area (Å²) in [6.07, 6.45) is 5.44. The lowest BCUT2D eigenvalue weighted by Gasteiger charge is -2.45. The van der Waals surface area contributed by atoms with Gasteiger partial charge in [-0.2, -0.15) is 0 Å². The lowest BCUT2D eigenvalue weighted by molar-refractivity contribution is 0.103. The van der Waals surface area contributed by atoms with Gasteiger partial charge in [0.25, 0.3) is 0 Å². The van der Waals surface area contributed by atoms with Crippen LogP contribution in [-0.4, -0.2) is 7.05 Å². The second-order valence-electron chi connectivity index (χ2n) is 5.51. The molecule has 0 aromatic heterocycles. The van der Waals surface area contributed by atoms with Crippen molar-refractivity contribution in [1.82, 2.24) is 5.32 Å². The minimum Gasteiger partial charge on any atom is -0.310 e. The van der Waals surface area contributed by atoms with Crippen molar-refractivity contribution in [3.05, 3.63) is 35.4 Å². The van der Waals surface area contributed by atoms with Gasteiger partial charge in [0.15, 0.2) is 0 Å². The van der Waals surface area contributed by atoms with Gasteiger partial charge in [-0.3, -0.25) is 0 Å². The summed E-state index contributed by atoms with van der Waals surface area (Å²) < 4.78 is 0. The standard InChI is InChI=1S/C15H21N.ClH/c1-11-6-5-8-13-10-12-7-3-4-9-14(12)15(11,13)16-2;/h3-4,7,9,11,13,16H,5-6,8,10H2,1-2H3;1H. The van der Waals surface area contributed by atoms with Gasteiger partial charge in [0.2, 0.25) is 0 Å². The molecule has 0 saturated heterocycles. The molecular formula is C15H22ClN. The zero-order valence-corrected chi connectivity index (χ0v) is 11.5. The van der Waals surface area contributed by atoms with E-state index in [0.717, 1.165) is 11.8 Å². The van der Waals surface area contributed by atoms with E-state index in [1.165, 1.54) is 25.7 Å². The van der Waals surface area contributed by atoms with E-state index >= 15 is 0 Å². The zero-order valence-electron chi connectivity index (χ0n) is 10.7. The molecule has 17 heavy (non-hydrogen) atoms. The average Bonchev–Trinajstić information content (AvgIpc) is 2.65. The van der Waals surface area contributed by atoms with Crippen molar-refractivity contribution >= 4 is 12.4 Å². The summed E-state index contributed by atoms with van der Waals surface area (Å²) in [5, 5.41) is 3.69. The Morgan fingerprint density at radius 1 is 1.24 bits per heavy atom. The van der Waals surface area contributed by atoms with Gasteiger partial charge in [0.05, 0.1) is 0 Å². The highest BCUT2D eigenvalue weighted by atomic mass is 35.5. The predicted molar refractivity (Wildman–Crippen MR) is 74.6 cm³/mol. The van der Waals surface area contributed by atoms with E-state index in [1.807, 2.05) is 0 Å². The van der Waals surface area contributed by atoms with Crippen LogP contribution in [-0.2, 0) is 12.0 Å². The highest BCUT2D eigenvalue weighted by Gasteiger charge is 2.50. The quantitative estimate of drug-likeness (QED) is 0.806. The average molecular weight is 252 g/mol. The van der Waals surface area contributed by atoms with Crippen molar-refractivity contribution in [2.75, 3.05) is 7.05 Å². The fourth-order valence-corrected chi connectivity index (χ4v) is 4.23. The Kier molecular flexibility index (Phi) is 3.51. The van der Waals surface area contributed by atoms with Gasteiger partial charge >= 0.3 is 0 Å². The van der Waals surface area contributed by atoms with Crippen LogP contribution in [0.2, 0.25) is 0 Å². The lowest BCUT2D eigenvalue weighted by atomic mass is 9.66. The Balaban J connectivity index is 0.00000108. The molecule has 94 valence electrons. The largest absolute Gasteiger partial charge is 0.310 e. The number of benzene rings is 1. The first kappa shape index (κ1) is 12.9. The lowest BCUT2D eigenvalue weighted by Crippen LogP contribution is -2.51. The molecule has 0 bridgehead atoms. The van der Waals surface area contributed by atoms with E-state index in [-0.39, 0.29) is 17.9 Å². The molecule has 3 atom stereocenters. The highest BCUT2D eigenvalue weighted by molar-refractivity contribution is 5.85. The van der Waals surface area contributed by atoms with Crippen LogP contribution in [0.25, 0.3) is 0 Å². The van der Waals surface area contributed by atoms with Crippen LogP contribution < -0.4 is 5.32 Å². The van der Waals surface area contributed by atoms with Gasteiger partial charge in [0, 0.05) is 5.54 Å². The number of rotatable bonds is 1. The third kappa shape index (κ3) is 1.63. The maximum Gasteiger partial charge on any atom is 0.0492 e. The molecular weight excluding hydrogens is 230 g/mol. The number of halogens is 1. The number of hydrogen-bond donors (Lipinski definition) is 1. The van der Waals surface area contributed by atoms with Gasteiger partial charge in [0.1, 0.15) is 0 Å². The Morgan fingerprint density at radius 3 is 2.76 bits per heavy atom. The molecule has 0 radical (unpaired) electrons. The van der Waals surface area contributed by atoms with Crippen molar-refractivity contribution in [3.63, 3.8) is 0 Å². The molecule has 3 rings (SSSR count). The molecule has 1 N–H and O–H groups in total. The number of fused-ring (bicyclic) bond motifs is 3. The Labute approximate surface area is 110 Å². The molecule has 2 heteroatoms. The first-order valence-corrected chi connectivity index (χ1v) is 6.56. The molecule has 2 aliphatic rings. The summed E-state index contributed by atoms with van der Waals surface area (Å²) in [7, 11) is 2.15. The van der Waals surface area contributed by atoms with Crippen LogP contribution in [0.3, 0.4) is 0 Å². The molecule has 1 fully saturated rings. The molecule has 0 amide bonds. The molecule has 1 saturated carbocycles. The minimum absolute atomic E-state index is 0. The Hall–Kier alpha value is -0.530. The van der Waals surface area contributed by atoms with E-state index < -0.39 is 0 Å². The van der Waals surface area contributed by atoms with E-state index in [1.54, 1.807) is 11.1 Å². The van der Waals surface area contributed by atoms with Crippen LogP contribution in [0.4, 0.5) is 0 Å². The van der Waals surface area contributed by atoms with Crippen LogP contribution in [0.5, 0.6) is 0 Å². The Bertz CT molecular complexity index is 404. The van der Waals surface area contributed by atoms with E-state index in [4.69, 9.17) is 0 Å². The van der Waals surface area contributed by atoms with Gasteiger partial charge in [-0.1, -0.05) is 37.6 Å². The van der Waals surface area contributed by atoms with E-state index in [0.29, 0.717) is 0 Å². The first-order valence-electron chi connectivity index (χ1n) is 6.56. The van der Waals surface area contributed by atoms with Crippen LogP contribution in [0, 0.1) is 11.8 Å². The van der Waals surface area contributed by atoms with Gasteiger partial charge in [-0.05, 0) is 49.3 Å². The number of hydrogen-bond acceptors (Lipinski definition) is 1. The number of nitrogens with one attached hydrogen (secondary N) is 1. The molecule has 0 aliphatic heterocycles. The van der Waals surface area contributed by atoms with Crippen molar-refractivity contribution in [1.29, 1.82) is 0 Å². The fourth-order valence-electron chi connectivity index (χ4n) is 4.23. The monoisotopic (exact) mass is 251 g/mol. The van der Waals surface area contributed by atoms with Crippen LogP contribution in [0.15, 0.2) is 24.3 Å². The summed E-state index contributed by atoms with van der Waals surface area (Å²) in [6.45, 7) is 2.42. The second kappa shape index (κ2) is 4.62. The minimum atomic E-state index is 0. The molecule has 0 heterocycles. The van der Waals surface area contributed by atoms with Crippen LogP contribution >= 0.6 is 12.4 Å². The molecule has 1 nitrogen and oxygen atoms in total. The molecule has 1 aromatic carbocycles. The molecule has 1 aromatic rings. The maximum atomic E-state index is 3.69. The smallest absolute Gasteiger partial charge is 0.0492 e. The van der Waals surface area contributed by atoms with E-state index in [9.17, 15) is 0 Å². The van der Waals surface area contributed by atoms with Crippen molar-refractivity contribution in [2.24, 2.45) is 11.8 Å². The fraction of sp³-hybridized carbons (Fsp3) is 0.600. The van der Waals surface area contributed by atoms with Crippen LogP contribution in [0.1, 0.15) is 37.3 Å². The molecule has 3 unspecified atom stereocenters. The van der Waals surface area contributed by atoms with Crippen molar-refractivity contribution in [2.45, 2.75) is 38.1 Å². The maximum absolute atomic E-state index is 3.69.